The SMILES string of the molecule is CN1CC[C@H](NC(=O)c2sccc2-c2ccccc2)CC1=O. The van der Waals surface area contributed by atoms with Crippen molar-refractivity contribution in [2.75, 3.05) is 13.6 Å². The summed E-state index contributed by atoms with van der Waals surface area (Å²) < 4.78 is 0. The first-order chi connectivity index (χ1) is 10.6. The van der Waals surface area contributed by atoms with E-state index in [9.17, 15) is 9.59 Å². The summed E-state index contributed by atoms with van der Waals surface area (Å²) in [6.45, 7) is 0.694. The number of likely N-dealkylation sites (tertiary alicyclic amines) is 1. The first-order valence-corrected chi connectivity index (χ1v) is 8.21. The van der Waals surface area contributed by atoms with Crippen LogP contribution >= 0.6 is 11.3 Å². The number of carbonyl (C=O) groups is 2. The van der Waals surface area contributed by atoms with E-state index in [2.05, 4.69) is 5.32 Å². The molecule has 5 heteroatoms. The summed E-state index contributed by atoms with van der Waals surface area (Å²) in [7, 11) is 1.80. The molecule has 0 spiro atoms. The lowest BCUT2D eigenvalue weighted by molar-refractivity contribution is -0.132. The highest BCUT2D eigenvalue weighted by Crippen LogP contribution is 2.28. The van der Waals surface area contributed by atoms with Gasteiger partial charge in [0.25, 0.3) is 5.91 Å². The maximum atomic E-state index is 12.5. The van der Waals surface area contributed by atoms with Gasteiger partial charge in [-0.05, 0) is 23.4 Å². The molecule has 0 bridgehead atoms. The van der Waals surface area contributed by atoms with Gasteiger partial charge in [0.1, 0.15) is 0 Å². The van der Waals surface area contributed by atoms with Gasteiger partial charge >= 0.3 is 0 Å². The van der Waals surface area contributed by atoms with E-state index in [0.717, 1.165) is 17.5 Å². The number of carbonyl (C=O) groups excluding carboxylic acids is 2. The largest absolute Gasteiger partial charge is 0.348 e. The first-order valence-electron chi connectivity index (χ1n) is 7.33. The molecule has 0 aliphatic carbocycles. The summed E-state index contributed by atoms with van der Waals surface area (Å²) in [4.78, 5) is 26.7. The normalized spacial score (nSPS) is 18.3. The van der Waals surface area contributed by atoms with Crippen LogP contribution in [0.2, 0.25) is 0 Å². The number of piperidine rings is 1. The summed E-state index contributed by atoms with van der Waals surface area (Å²) in [6.07, 6.45) is 1.19. The third-order valence-electron chi connectivity index (χ3n) is 3.95. The summed E-state index contributed by atoms with van der Waals surface area (Å²) in [6, 6.07) is 11.8. The first kappa shape index (κ1) is 14.8. The molecule has 1 saturated heterocycles. The van der Waals surface area contributed by atoms with E-state index < -0.39 is 0 Å². The molecule has 4 nitrogen and oxygen atoms in total. The number of nitrogens with zero attached hydrogens (tertiary/aromatic N) is 1. The number of thiophene rings is 1. The number of nitrogens with one attached hydrogen (secondary N) is 1. The van der Waals surface area contributed by atoms with Gasteiger partial charge in [-0.1, -0.05) is 30.3 Å². The van der Waals surface area contributed by atoms with Crippen LogP contribution in [0.1, 0.15) is 22.5 Å². The van der Waals surface area contributed by atoms with E-state index in [4.69, 9.17) is 0 Å². The second-order valence-electron chi connectivity index (χ2n) is 5.51. The molecule has 22 heavy (non-hydrogen) atoms. The lowest BCUT2D eigenvalue weighted by Crippen LogP contribution is -2.46. The Morgan fingerprint density at radius 2 is 2.05 bits per heavy atom. The standard InChI is InChI=1S/C17H18N2O2S/c1-19-9-7-13(11-15(19)20)18-17(21)16-14(8-10-22-16)12-5-3-2-4-6-12/h2-6,8,10,13H,7,9,11H2,1H3,(H,18,21)/t13-/m0/s1. The van der Waals surface area contributed by atoms with Gasteiger partial charge in [-0.25, -0.2) is 0 Å². The highest BCUT2D eigenvalue weighted by Gasteiger charge is 2.25. The van der Waals surface area contributed by atoms with Gasteiger partial charge in [0.15, 0.2) is 0 Å². The van der Waals surface area contributed by atoms with Crippen LogP contribution in [-0.4, -0.2) is 36.3 Å². The molecule has 1 aliphatic heterocycles. The molecular weight excluding hydrogens is 296 g/mol. The Kier molecular flexibility index (Phi) is 4.24. The maximum absolute atomic E-state index is 12.5. The monoisotopic (exact) mass is 314 g/mol. The molecule has 114 valence electrons. The molecule has 0 saturated carbocycles. The minimum Gasteiger partial charge on any atom is -0.348 e. The average Bonchev–Trinajstić information content (AvgIpc) is 3.01. The zero-order valence-corrected chi connectivity index (χ0v) is 13.2. The predicted molar refractivity (Wildman–Crippen MR) is 87.9 cm³/mol. The molecule has 2 aromatic rings. The van der Waals surface area contributed by atoms with Crippen molar-refractivity contribution in [3.63, 3.8) is 0 Å². The van der Waals surface area contributed by atoms with E-state index in [-0.39, 0.29) is 17.9 Å². The van der Waals surface area contributed by atoms with Crippen molar-refractivity contribution in [1.29, 1.82) is 0 Å². The third-order valence-corrected chi connectivity index (χ3v) is 4.86. The van der Waals surface area contributed by atoms with Gasteiger partial charge in [0.05, 0.1) is 4.88 Å². The van der Waals surface area contributed by atoms with Crippen LogP contribution in [0.5, 0.6) is 0 Å². The predicted octanol–water partition coefficient (Wildman–Crippen LogP) is 2.77. The second kappa shape index (κ2) is 6.32. The van der Waals surface area contributed by atoms with Crippen LogP contribution in [0.4, 0.5) is 0 Å². The maximum Gasteiger partial charge on any atom is 0.262 e. The van der Waals surface area contributed by atoms with Gasteiger partial charge in [-0.3, -0.25) is 9.59 Å². The van der Waals surface area contributed by atoms with Crippen molar-refractivity contribution in [3.8, 4) is 11.1 Å². The summed E-state index contributed by atoms with van der Waals surface area (Å²) in [5.74, 6) is 0.00205. The Hall–Kier alpha value is -2.14. The Morgan fingerprint density at radius 1 is 1.27 bits per heavy atom. The molecule has 2 heterocycles. The third kappa shape index (κ3) is 3.04. The molecule has 1 fully saturated rings. The number of rotatable bonds is 3. The molecule has 1 N–H and O–H groups in total. The quantitative estimate of drug-likeness (QED) is 0.947. The summed E-state index contributed by atoms with van der Waals surface area (Å²) >= 11 is 1.44. The lowest BCUT2D eigenvalue weighted by atomic mass is 10.0. The molecule has 0 radical (unpaired) electrons. The second-order valence-corrected chi connectivity index (χ2v) is 6.42. The van der Waals surface area contributed by atoms with Crippen molar-refractivity contribution in [1.82, 2.24) is 10.2 Å². The molecule has 1 aromatic heterocycles. The van der Waals surface area contributed by atoms with Crippen molar-refractivity contribution in [2.45, 2.75) is 18.9 Å². The van der Waals surface area contributed by atoms with Gasteiger partial charge in [0, 0.05) is 31.6 Å². The molecule has 1 aliphatic rings. The van der Waals surface area contributed by atoms with Crippen LogP contribution in [-0.2, 0) is 4.79 Å². The lowest BCUT2D eigenvalue weighted by Gasteiger charge is -2.29. The molecule has 1 atom stereocenters. The average molecular weight is 314 g/mol. The fourth-order valence-electron chi connectivity index (χ4n) is 2.65. The van der Waals surface area contributed by atoms with Gasteiger partial charge in [-0.2, -0.15) is 0 Å². The number of hydrogen-bond donors (Lipinski definition) is 1. The van der Waals surface area contributed by atoms with E-state index in [1.807, 2.05) is 41.8 Å². The van der Waals surface area contributed by atoms with E-state index >= 15 is 0 Å². The molecule has 3 rings (SSSR count). The van der Waals surface area contributed by atoms with Crippen LogP contribution in [0, 0.1) is 0 Å². The topological polar surface area (TPSA) is 49.4 Å². The zero-order valence-electron chi connectivity index (χ0n) is 12.4. The van der Waals surface area contributed by atoms with Crippen molar-refractivity contribution in [3.05, 3.63) is 46.7 Å². The minimum atomic E-state index is -0.0868. The molecule has 0 unspecified atom stereocenters. The molecule has 1 aromatic carbocycles. The number of benzene rings is 1. The van der Waals surface area contributed by atoms with Crippen molar-refractivity contribution in [2.24, 2.45) is 0 Å². The van der Waals surface area contributed by atoms with Crippen LogP contribution in [0.25, 0.3) is 11.1 Å². The highest BCUT2D eigenvalue weighted by molar-refractivity contribution is 7.12. The smallest absolute Gasteiger partial charge is 0.262 e. The Morgan fingerprint density at radius 3 is 2.77 bits per heavy atom. The van der Waals surface area contributed by atoms with E-state index in [1.165, 1.54) is 11.3 Å². The Bertz CT molecular complexity index is 681. The number of amides is 2. The Labute approximate surface area is 133 Å². The number of hydrogen-bond acceptors (Lipinski definition) is 3. The van der Waals surface area contributed by atoms with E-state index in [1.54, 1.807) is 11.9 Å². The highest BCUT2D eigenvalue weighted by atomic mass is 32.1. The van der Waals surface area contributed by atoms with Crippen molar-refractivity contribution < 1.29 is 9.59 Å². The molecular formula is C17H18N2O2S. The fourth-order valence-corrected chi connectivity index (χ4v) is 3.47. The van der Waals surface area contributed by atoms with Gasteiger partial charge < -0.3 is 10.2 Å². The van der Waals surface area contributed by atoms with Crippen LogP contribution < -0.4 is 5.32 Å². The summed E-state index contributed by atoms with van der Waals surface area (Å²) in [5, 5.41) is 4.93. The van der Waals surface area contributed by atoms with Crippen LogP contribution in [0.3, 0.4) is 0 Å². The molecule has 2 amide bonds. The van der Waals surface area contributed by atoms with Crippen LogP contribution in [0.15, 0.2) is 41.8 Å². The summed E-state index contributed by atoms with van der Waals surface area (Å²) in [5.41, 5.74) is 1.98. The zero-order chi connectivity index (χ0) is 15.5. The minimum absolute atomic E-state index is 0.0677. The van der Waals surface area contributed by atoms with Gasteiger partial charge in [0.2, 0.25) is 5.91 Å². The fraction of sp³-hybridized carbons (Fsp3) is 0.294. The van der Waals surface area contributed by atoms with Crippen molar-refractivity contribution >= 4 is 23.2 Å². The Balaban J connectivity index is 1.74. The van der Waals surface area contributed by atoms with E-state index in [0.29, 0.717) is 17.8 Å². The van der Waals surface area contributed by atoms with Gasteiger partial charge in [-0.15, -0.1) is 11.3 Å².